The fourth-order valence-corrected chi connectivity index (χ4v) is 3.10. The normalized spacial score (nSPS) is 30.1. The van der Waals surface area contributed by atoms with Crippen molar-refractivity contribution < 1.29 is 14.3 Å². The Bertz CT molecular complexity index is 381. The zero-order valence-electron chi connectivity index (χ0n) is 11.9. The molecule has 0 spiro atoms. The summed E-state index contributed by atoms with van der Waals surface area (Å²) in [5.74, 6) is 1.68. The van der Waals surface area contributed by atoms with E-state index >= 15 is 0 Å². The van der Waals surface area contributed by atoms with Crippen LogP contribution >= 0.6 is 11.8 Å². The lowest BCUT2D eigenvalue weighted by Crippen LogP contribution is -2.49. The van der Waals surface area contributed by atoms with Gasteiger partial charge < -0.3 is 10.1 Å². The molecule has 2 rings (SSSR count). The molecule has 1 saturated heterocycles. The Labute approximate surface area is 118 Å². The van der Waals surface area contributed by atoms with Crippen molar-refractivity contribution in [3.8, 4) is 0 Å². The van der Waals surface area contributed by atoms with E-state index in [0.717, 1.165) is 6.42 Å². The second kappa shape index (κ2) is 5.23. The Morgan fingerprint density at radius 3 is 2.53 bits per heavy atom. The van der Waals surface area contributed by atoms with Gasteiger partial charge >= 0.3 is 6.09 Å². The molecule has 3 atom stereocenters. The molecule has 1 N–H and O–H groups in total. The molecule has 0 aromatic rings. The van der Waals surface area contributed by atoms with Gasteiger partial charge in [0.2, 0.25) is 5.91 Å². The average Bonchev–Trinajstić information content (AvgIpc) is 2.81. The fourth-order valence-electron chi connectivity index (χ4n) is 1.96. The van der Waals surface area contributed by atoms with Crippen LogP contribution in [-0.4, -0.2) is 46.2 Å². The quantitative estimate of drug-likeness (QED) is 0.841. The summed E-state index contributed by atoms with van der Waals surface area (Å²) in [6.07, 6.45) is 0.638. The standard InChI is InChI=1S/C13H22N2O3S/c1-8-5-9(8)14-11(16)10-6-19-7-15(10)12(17)18-13(2,3)4/h8-10H,5-7H2,1-4H3,(H,14,16)/t8-,9+,10-/m1/s1. The van der Waals surface area contributed by atoms with Crippen LogP contribution in [0.3, 0.4) is 0 Å². The largest absolute Gasteiger partial charge is 0.444 e. The van der Waals surface area contributed by atoms with E-state index in [2.05, 4.69) is 12.2 Å². The molecule has 1 heterocycles. The maximum atomic E-state index is 12.1. The van der Waals surface area contributed by atoms with Crippen molar-refractivity contribution in [2.45, 2.75) is 51.8 Å². The number of rotatable bonds is 2. The van der Waals surface area contributed by atoms with Crippen LogP contribution < -0.4 is 5.32 Å². The van der Waals surface area contributed by atoms with E-state index in [-0.39, 0.29) is 5.91 Å². The molecule has 0 aromatic heterocycles. The zero-order valence-corrected chi connectivity index (χ0v) is 12.8. The lowest BCUT2D eigenvalue weighted by Gasteiger charge is -2.27. The molecule has 0 aromatic carbocycles. The number of nitrogens with one attached hydrogen (secondary N) is 1. The maximum absolute atomic E-state index is 12.1. The second-order valence-corrected chi connectivity index (χ2v) is 7.29. The predicted molar refractivity (Wildman–Crippen MR) is 74.9 cm³/mol. The first-order valence-electron chi connectivity index (χ1n) is 6.65. The first-order valence-corrected chi connectivity index (χ1v) is 7.81. The van der Waals surface area contributed by atoms with Crippen LogP contribution in [0.2, 0.25) is 0 Å². The fraction of sp³-hybridized carbons (Fsp3) is 0.846. The third-order valence-electron chi connectivity index (χ3n) is 3.25. The number of ether oxygens (including phenoxy) is 1. The van der Waals surface area contributed by atoms with Gasteiger partial charge in [0.25, 0.3) is 0 Å². The SMILES string of the molecule is C[C@@H]1C[C@@H]1NC(=O)[C@H]1CSCN1C(=O)OC(C)(C)C. The Morgan fingerprint density at radius 1 is 1.37 bits per heavy atom. The van der Waals surface area contributed by atoms with Gasteiger partial charge in [0.05, 0.1) is 5.88 Å². The molecule has 1 saturated carbocycles. The van der Waals surface area contributed by atoms with Gasteiger partial charge in [-0.15, -0.1) is 11.8 Å². The van der Waals surface area contributed by atoms with Crippen molar-refractivity contribution >= 4 is 23.8 Å². The van der Waals surface area contributed by atoms with Crippen LogP contribution in [0.1, 0.15) is 34.1 Å². The molecular formula is C13H22N2O3S. The van der Waals surface area contributed by atoms with Crippen LogP contribution in [0.15, 0.2) is 0 Å². The van der Waals surface area contributed by atoms with E-state index in [1.54, 1.807) is 11.8 Å². The van der Waals surface area contributed by atoms with Crippen molar-refractivity contribution in [3.05, 3.63) is 0 Å². The minimum atomic E-state index is -0.531. The van der Waals surface area contributed by atoms with Crippen molar-refractivity contribution in [2.24, 2.45) is 5.92 Å². The molecular weight excluding hydrogens is 264 g/mol. The summed E-state index contributed by atoms with van der Waals surface area (Å²) >= 11 is 1.59. The Morgan fingerprint density at radius 2 is 2.00 bits per heavy atom. The second-order valence-electron chi connectivity index (χ2n) is 6.29. The summed E-state index contributed by atoms with van der Waals surface area (Å²) in [4.78, 5) is 25.7. The summed E-state index contributed by atoms with van der Waals surface area (Å²) in [6.45, 7) is 7.60. The number of amides is 2. The third kappa shape index (κ3) is 3.78. The molecule has 1 aliphatic heterocycles. The Hall–Kier alpha value is -0.910. The van der Waals surface area contributed by atoms with Crippen LogP contribution in [0.5, 0.6) is 0 Å². The minimum Gasteiger partial charge on any atom is -0.444 e. The molecule has 0 bridgehead atoms. The first-order chi connectivity index (χ1) is 8.78. The molecule has 1 aliphatic carbocycles. The van der Waals surface area contributed by atoms with E-state index in [4.69, 9.17) is 4.74 Å². The summed E-state index contributed by atoms with van der Waals surface area (Å²) in [7, 11) is 0. The topological polar surface area (TPSA) is 58.6 Å². The van der Waals surface area contributed by atoms with Gasteiger partial charge in [0.1, 0.15) is 11.6 Å². The van der Waals surface area contributed by atoms with E-state index in [9.17, 15) is 9.59 Å². The molecule has 6 heteroatoms. The monoisotopic (exact) mass is 286 g/mol. The van der Waals surface area contributed by atoms with E-state index in [1.807, 2.05) is 20.8 Å². The Kier molecular flexibility index (Phi) is 3.99. The molecule has 108 valence electrons. The summed E-state index contributed by atoms with van der Waals surface area (Å²) < 4.78 is 5.34. The minimum absolute atomic E-state index is 0.0507. The summed E-state index contributed by atoms with van der Waals surface area (Å²) in [5, 5.41) is 2.99. The highest BCUT2D eigenvalue weighted by atomic mass is 32.2. The zero-order chi connectivity index (χ0) is 14.2. The van der Waals surface area contributed by atoms with Gasteiger partial charge in [0, 0.05) is 11.8 Å². The summed E-state index contributed by atoms with van der Waals surface area (Å²) in [6, 6.07) is -0.105. The van der Waals surface area contributed by atoms with Crippen LogP contribution in [0, 0.1) is 5.92 Å². The van der Waals surface area contributed by atoms with Gasteiger partial charge in [-0.25, -0.2) is 4.79 Å². The third-order valence-corrected chi connectivity index (χ3v) is 4.26. The van der Waals surface area contributed by atoms with E-state index in [1.165, 1.54) is 4.90 Å². The molecule has 19 heavy (non-hydrogen) atoms. The molecule has 5 nitrogen and oxygen atoms in total. The molecule has 2 amide bonds. The van der Waals surface area contributed by atoms with Gasteiger partial charge in [-0.05, 0) is 33.1 Å². The van der Waals surface area contributed by atoms with E-state index in [0.29, 0.717) is 23.6 Å². The number of carbonyl (C=O) groups is 2. The van der Waals surface area contributed by atoms with Gasteiger partial charge in [-0.2, -0.15) is 0 Å². The lowest BCUT2D eigenvalue weighted by molar-refractivity contribution is -0.125. The van der Waals surface area contributed by atoms with Gasteiger partial charge in [0.15, 0.2) is 0 Å². The van der Waals surface area contributed by atoms with Gasteiger partial charge in [-0.1, -0.05) is 6.92 Å². The van der Waals surface area contributed by atoms with Crippen molar-refractivity contribution in [1.29, 1.82) is 0 Å². The smallest absolute Gasteiger partial charge is 0.411 e. The molecule has 0 unspecified atom stereocenters. The first kappa shape index (κ1) is 14.5. The highest BCUT2D eigenvalue weighted by Crippen LogP contribution is 2.30. The highest BCUT2D eigenvalue weighted by Gasteiger charge is 2.41. The molecule has 0 radical (unpaired) electrons. The molecule has 2 aliphatic rings. The van der Waals surface area contributed by atoms with Crippen LogP contribution in [0.25, 0.3) is 0 Å². The average molecular weight is 286 g/mol. The number of carbonyl (C=O) groups excluding carboxylic acids is 2. The number of hydrogen-bond acceptors (Lipinski definition) is 4. The Balaban J connectivity index is 1.92. The number of thioether (sulfide) groups is 1. The van der Waals surface area contributed by atoms with Crippen molar-refractivity contribution in [3.63, 3.8) is 0 Å². The number of hydrogen-bond donors (Lipinski definition) is 1. The van der Waals surface area contributed by atoms with Crippen LogP contribution in [-0.2, 0) is 9.53 Å². The van der Waals surface area contributed by atoms with Crippen molar-refractivity contribution in [2.75, 3.05) is 11.6 Å². The maximum Gasteiger partial charge on any atom is 0.411 e. The highest BCUT2D eigenvalue weighted by molar-refractivity contribution is 7.99. The van der Waals surface area contributed by atoms with Crippen molar-refractivity contribution in [1.82, 2.24) is 10.2 Å². The predicted octanol–water partition coefficient (Wildman–Crippen LogP) is 1.82. The lowest BCUT2D eigenvalue weighted by atomic mass is 10.2. The van der Waals surface area contributed by atoms with Gasteiger partial charge in [-0.3, -0.25) is 9.69 Å². The van der Waals surface area contributed by atoms with Crippen LogP contribution in [0.4, 0.5) is 4.79 Å². The summed E-state index contributed by atoms with van der Waals surface area (Å²) in [5.41, 5.74) is -0.531. The molecule has 2 fully saturated rings. The van der Waals surface area contributed by atoms with E-state index < -0.39 is 17.7 Å². The number of nitrogens with zero attached hydrogens (tertiary/aromatic N) is 1.